The maximum atomic E-state index is 12.9. The molecule has 1 aliphatic heterocycles. The van der Waals surface area contributed by atoms with Gasteiger partial charge in [0, 0.05) is 35.3 Å². The molecule has 1 unspecified atom stereocenters. The van der Waals surface area contributed by atoms with Crippen LogP contribution in [-0.2, 0) is 9.59 Å². The minimum atomic E-state index is -1.02. The van der Waals surface area contributed by atoms with E-state index in [-0.39, 0.29) is 23.4 Å². The average Bonchev–Trinajstić information content (AvgIpc) is 3.29. The van der Waals surface area contributed by atoms with Crippen molar-refractivity contribution < 1.29 is 24.7 Å². The van der Waals surface area contributed by atoms with E-state index in [0.29, 0.717) is 17.4 Å². The minimum absolute atomic E-state index is 0.150. The number of aliphatic hydroxyl groups excluding tert-OH is 1. The zero-order chi connectivity index (χ0) is 22.3. The first-order chi connectivity index (χ1) is 14.8. The SMILES string of the molecule is CCCN1C(=O)C(=O)/C(=C(\O)c2c[nH]c3ccccc23)C1c1ccc(O)c([N+](=O)[O-])c1. The number of nitro benzene ring substituents is 1. The first kappa shape index (κ1) is 20.1. The number of hydrogen-bond acceptors (Lipinski definition) is 6. The van der Waals surface area contributed by atoms with Crippen LogP contribution < -0.4 is 0 Å². The van der Waals surface area contributed by atoms with Gasteiger partial charge in [-0.3, -0.25) is 19.7 Å². The van der Waals surface area contributed by atoms with Gasteiger partial charge in [-0.25, -0.2) is 0 Å². The van der Waals surface area contributed by atoms with Crippen LogP contribution in [0.25, 0.3) is 16.7 Å². The molecule has 2 aromatic carbocycles. The van der Waals surface area contributed by atoms with Crippen LogP contribution in [0.3, 0.4) is 0 Å². The second-order valence-electron chi connectivity index (χ2n) is 7.25. The molecule has 1 fully saturated rings. The van der Waals surface area contributed by atoms with Gasteiger partial charge in [0.25, 0.3) is 11.7 Å². The Morgan fingerprint density at radius 3 is 2.68 bits per heavy atom. The Kier molecular flexibility index (Phi) is 4.94. The Morgan fingerprint density at radius 2 is 1.97 bits per heavy atom. The van der Waals surface area contributed by atoms with Crippen molar-refractivity contribution in [1.82, 2.24) is 9.88 Å². The van der Waals surface area contributed by atoms with Crippen molar-refractivity contribution in [2.45, 2.75) is 19.4 Å². The minimum Gasteiger partial charge on any atom is -0.507 e. The van der Waals surface area contributed by atoms with E-state index in [9.17, 15) is 29.9 Å². The summed E-state index contributed by atoms with van der Waals surface area (Å²) in [6.45, 7) is 2.05. The molecule has 1 aromatic heterocycles. The summed E-state index contributed by atoms with van der Waals surface area (Å²) in [5.74, 6) is -2.55. The van der Waals surface area contributed by atoms with Crippen LogP contribution in [0.2, 0.25) is 0 Å². The van der Waals surface area contributed by atoms with Crippen molar-refractivity contribution in [3.05, 3.63) is 75.5 Å². The van der Waals surface area contributed by atoms with Gasteiger partial charge in [0.2, 0.25) is 0 Å². The van der Waals surface area contributed by atoms with Gasteiger partial charge < -0.3 is 20.1 Å². The van der Waals surface area contributed by atoms with Gasteiger partial charge in [-0.05, 0) is 24.1 Å². The molecule has 158 valence electrons. The molecular formula is C22H19N3O6. The molecule has 0 radical (unpaired) electrons. The number of amides is 1. The van der Waals surface area contributed by atoms with Gasteiger partial charge in [0.1, 0.15) is 5.76 Å². The van der Waals surface area contributed by atoms with Crippen molar-refractivity contribution >= 4 is 34.0 Å². The maximum Gasteiger partial charge on any atom is 0.311 e. The number of para-hydroxylation sites is 1. The van der Waals surface area contributed by atoms with Gasteiger partial charge in [0.15, 0.2) is 5.75 Å². The number of aromatic amines is 1. The predicted octanol–water partition coefficient (Wildman–Crippen LogP) is 3.61. The largest absolute Gasteiger partial charge is 0.507 e. The zero-order valence-electron chi connectivity index (χ0n) is 16.5. The van der Waals surface area contributed by atoms with E-state index in [1.165, 1.54) is 11.0 Å². The third-order valence-corrected chi connectivity index (χ3v) is 5.36. The molecule has 1 amide bonds. The first-order valence-electron chi connectivity index (χ1n) is 9.67. The number of hydrogen-bond donors (Lipinski definition) is 3. The molecule has 1 atom stereocenters. The summed E-state index contributed by atoms with van der Waals surface area (Å²) in [7, 11) is 0. The van der Waals surface area contributed by atoms with Crippen molar-refractivity contribution in [1.29, 1.82) is 0 Å². The van der Waals surface area contributed by atoms with Crippen molar-refractivity contribution in [3.8, 4) is 5.75 Å². The number of benzene rings is 2. The molecule has 1 saturated heterocycles. The Bertz CT molecular complexity index is 1260. The number of phenolic OH excluding ortho intramolecular Hbond substituents is 1. The molecule has 0 saturated carbocycles. The van der Waals surface area contributed by atoms with E-state index in [1.807, 2.05) is 19.1 Å². The van der Waals surface area contributed by atoms with E-state index >= 15 is 0 Å². The molecular weight excluding hydrogens is 402 g/mol. The molecule has 2 heterocycles. The number of nitrogens with one attached hydrogen (secondary N) is 1. The average molecular weight is 421 g/mol. The van der Waals surface area contributed by atoms with Crippen LogP contribution in [0.5, 0.6) is 5.75 Å². The number of carbonyl (C=O) groups excluding carboxylic acids is 2. The Hall–Kier alpha value is -4.14. The van der Waals surface area contributed by atoms with Gasteiger partial charge in [-0.2, -0.15) is 0 Å². The lowest BCUT2D eigenvalue weighted by Gasteiger charge is -2.24. The first-order valence-corrected chi connectivity index (χ1v) is 9.67. The highest BCUT2D eigenvalue weighted by molar-refractivity contribution is 6.46. The monoisotopic (exact) mass is 421 g/mol. The molecule has 31 heavy (non-hydrogen) atoms. The molecule has 9 heteroatoms. The van der Waals surface area contributed by atoms with Crippen LogP contribution in [0.15, 0.2) is 54.2 Å². The number of aromatic hydroxyl groups is 1. The number of ketones is 1. The number of nitrogens with zero attached hydrogens (tertiary/aromatic N) is 2. The highest BCUT2D eigenvalue weighted by Crippen LogP contribution is 2.42. The summed E-state index contributed by atoms with van der Waals surface area (Å²) in [5.41, 5.74) is 0.639. The van der Waals surface area contributed by atoms with E-state index < -0.39 is 34.1 Å². The van der Waals surface area contributed by atoms with Gasteiger partial charge in [0.05, 0.1) is 16.5 Å². The number of H-pyrrole nitrogens is 1. The fourth-order valence-electron chi connectivity index (χ4n) is 3.97. The number of carbonyl (C=O) groups is 2. The second kappa shape index (κ2) is 7.60. The highest BCUT2D eigenvalue weighted by Gasteiger charge is 2.46. The van der Waals surface area contributed by atoms with E-state index in [0.717, 1.165) is 17.6 Å². The molecule has 9 nitrogen and oxygen atoms in total. The predicted molar refractivity (Wildman–Crippen MR) is 112 cm³/mol. The van der Waals surface area contributed by atoms with E-state index in [2.05, 4.69) is 4.98 Å². The quantitative estimate of drug-likeness (QED) is 0.189. The smallest absolute Gasteiger partial charge is 0.311 e. The Morgan fingerprint density at radius 1 is 1.23 bits per heavy atom. The number of rotatable bonds is 5. The van der Waals surface area contributed by atoms with Crippen LogP contribution in [0.1, 0.15) is 30.5 Å². The van der Waals surface area contributed by atoms with Crippen LogP contribution >= 0.6 is 0 Å². The number of aromatic nitrogens is 1. The fraction of sp³-hybridized carbons (Fsp3) is 0.182. The molecule has 3 N–H and O–H groups in total. The lowest BCUT2D eigenvalue weighted by molar-refractivity contribution is -0.385. The number of Topliss-reactive ketones (excluding diaryl/α,β-unsaturated/α-hetero) is 1. The summed E-state index contributed by atoms with van der Waals surface area (Å²) in [5, 5.41) is 32.9. The zero-order valence-corrected chi connectivity index (χ0v) is 16.5. The number of aliphatic hydroxyl groups is 1. The van der Waals surface area contributed by atoms with Crippen molar-refractivity contribution in [2.75, 3.05) is 6.54 Å². The maximum absolute atomic E-state index is 12.9. The van der Waals surface area contributed by atoms with Crippen LogP contribution in [0.4, 0.5) is 5.69 Å². The summed E-state index contributed by atoms with van der Waals surface area (Å²) >= 11 is 0. The van der Waals surface area contributed by atoms with Crippen molar-refractivity contribution in [2.24, 2.45) is 0 Å². The fourth-order valence-corrected chi connectivity index (χ4v) is 3.97. The number of fused-ring (bicyclic) bond motifs is 1. The number of likely N-dealkylation sites (tertiary alicyclic amines) is 1. The number of nitro groups is 1. The third-order valence-electron chi connectivity index (χ3n) is 5.36. The molecule has 0 bridgehead atoms. The van der Waals surface area contributed by atoms with Crippen LogP contribution in [0, 0.1) is 10.1 Å². The van der Waals surface area contributed by atoms with Gasteiger partial charge in [-0.1, -0.05) is 31.2 Å². The molecule has 3 aromatic rings. The number of phenols is 1. The Balaban J connectivity index is 1.96. The van der Waals surface area contributed by atoms with Gasteiger partial charge in [-0.15, -0.1) is 0 Å². The van der Waals surface area contributed by atoms with E-state index in [4.69, 9.17) is 0 Å². The summed E-state index contributed by atoms with van der Waals surface area (Å²) in [6, 6.07) is 9.83. The molecule has 0 spiro atoms. The summed E-state index contributed by atoms with van der Waals surface area (Å²) in [6.07, 6.45) is 2.08. The topological polar surface area (TPSA) is 137 Å². The van der Waals surface area contributed by atoms with E-state index in [1.54, 1.807) is 18.3 Å². The third kappa shape index (κ3) is 3.20. The molecule has 4 rings (SSSR count). The molecule has 1 aliphatic rings. The van der Waals surface area contributed by atoms with Crippen molar-refractivity contribution in [3.63, 3.8) is 0 Å². The van der Waals surface area contributed by atoms with Gasteiger partial charge >= 0.3 is 5.69 Å². The Labute approximate surface area is 176 Å². The lowest BCUT2D eigenvalue weighted by Crippen LogP contribution is -2.30. The standard InChI is InChI=1S/C22H19N3O6/c1-2-9-24-19(12-7-8-17(26)16(10-12)25(30)31)18(21(28)22(24)29)20(27)14-11-23-15-6-4-3-5-13(14)15/h3-8,10-11,19,23,26-27H,2,9H2,1H3/b20-18-. The molecule has 0 aliphatic carbocycles. The van der Waals surface area contributed by atoms with Crippen LogP contribution in [-0.4, -0.2) is 43.3 Å². The summed E-state index contributed by atoms with van der Waals surface area (Å²) in [4.78, 5) is 40.5. The highest BCUT2D eigenvalue weighted by atomic mass is 16.6. The summed E-state index contributed by atoms with van der Waals surface area (Å²) < 4.78 is 0. The second-order valence-corrected chi connectivity index (χ2v) is 7.25. The normalized spacial score (nSPS) is 18.1. The lowest BCUT2D eigenvalue weighted by atomic mass is 9.94.